The van der Waals surface area contributed by atoms with E-state index in [1.165, 1.54) is 6.92 Å². The summed E-state index contributed by atoms with van der Waals surface area (Å²) in [5.74, 6) is -1.37. The summed E-state index contributed by atoms with van der Waals surface area (Å²) in [6, 6.07) is 0. The number of carboxylic acid groups (broad SMARTS) is 1. The molecule has 0 aromatic carbocycles. The number of rotatable bonds is 2. The van der Waals surface area contributed by atoms with Crippen LogP contribution in [0.1, 0.15) is 19.8 Å². The lowest BCUT2D eigenvalue weighted by Crippen LogP contribution is -2.41. The highest BCUT2D eigenvalue weighted by atomic mass is 16.4. The van der Waals surface area contributed by atoms with E-state index in [0.717, 1.165) is 12.8 Å². The molecule has 2 atom stereocenters. The third-order valence-electron chi connectivity index (χ3n) is 2.17. The minimum atomic E-state index is -1.59. The summed E-state index contributed by atoms with van der Waals surface area (Å²) in [6.45, 7) is 1.34. The van der Waals surface area contributed by atoms with Gasteiger partial charge in [0, 0.05) is 5.92 Å². The van der Waals surface area contributed by atoms with Gasteiger partial charge in [-0.3, -0.25) is 0 Å². The van der Waals surface area contributed by atoms with Gasteiger partial charge in [0.25, 0.3) is 0 Å². The van der Waals surface area contributed by atoms with Gasteiger partial charge in [-0.15, -0.1) is 0 Å². The van der Waals surface area contributed by atoms with Crippen LogP contribution in [0.2, 0.25) is 0 Å². The fourth-order valence-electron chi connectivity index (χ4n) is 1.26. The molecule has 0 aromatic rings. The van der Waals surface area contributed by atoms with Gasteiger partial charge in [0.1, 0.15) is 0 Å². The van der Waals surface area contributed by atoms with Crippen LogP contribution in [0.25, 0.3) is 0 Å². The van der Waals surface area contributed by atoms with Crippen LogP contribution in [-0.4, -0.2) is 21.8 Å². The van der Waals surface area contributed by atoms with Crippen LogP contribution in [0, 0.1) is 5.92 Å². The molecule has 2 unspecified atom stereocenters. The van der Waals surface area contributed by atoms with Gasteiger partial charge in [0.2, 0.25) is 0 Å². The van der Waals surface area contributed by atoms with Gasteiger partial charge < -0.3 is 10.2 Å². The molecule has 0 saturated carbocycles. The zero-order chi connectivity index (χ0) is 8.48. The number of hydrogen-bond acceptors (Lipinski definition) is 2. The first-order valence-electron chi connectivity index (χ1n) is 3.67. The Kier molecular flexibility index (Phi) is 2.00. The summed E-state index contributed by atoms with van der Waals surface area (Å²) >= 11 is 0. The quantitative estimate of drug-likeness (QED) is 0.581. The van der Waals surface area contributed by atoms with Crippen molar-refractivity contribution < 1.29 is 15.0 Å². The highest BCUT2D eigenvalue weighted by molar-refractivity contribution is 5.77. The monoisotopic (exact) mass is 156 g/mol. The van der Waals surface area contributed by atoms with Gasteiger partial charge in [-0.1, -0.05) is 12.2 Å². The second kappa shape index (κ2) is 2.66. The summed E-state index contributed by atoms with van der Waals surface area (Å²) in [6.07, 6.45) is 5.28. The second-order valence-electron chi connectivity index (χ2n) is 3.06. The molecule has 0 saturated heterocycles. The molecule has 1 aliphatic rings. The number of aliphatic hydroxyl groups is 1. The van der Waals surface area contributed by atoms with Crippen molar-refractivity contribution in [3.8, 4) is 0 Å². The first kappa shape index (κ1) is 8.27. The van der Waals surface area contributed by atoms with E-state index in [4.69, 9.17) is 5.11 Å². The maximum absolute atomic E-state index is 10.5. The predicted molar refractivity (Wildman–Crippen MR) is 40.1 cm³/mol. The van der Waals surface area contributed by atoms with Gasteiger partial charge in [-0.25, -0.2) is 4.79 Å². The van der Waals surface area contributed by atoms with Crippen molar-refractivity contribution in [1.82, 2.24) is 0 Å². The standard InChI is InChI=1S/C8H12O3/c1-8(11,7(9)10)6-4-2-3-5-6/h2,4,6,11H,3,5H2,1H3,(H,9,10). The van der Waals surface area contributed by atoms with Crippen molar-refractivity contribution in [1.29, 1.82) is 0 Å². The van der Waals surface area contributed by atoms with Gasteiger partial charge in [-0.05, 0) is 19.8 Å². The summed E-state index contributed by atoms with van der Waals surface area (Å²) in [4.78, 5) is 10.5. The molecule has 62 valence electrons. The molecule has 0 aliphatic heterocycles. The number of hydrogen-bond donors (Lipinski definition) is 2. The lowest BCUT2D eigenvalue weighted by molar-refractivity contribution is -0.160. The molecule has 0 aromatic heterocycles. The third kappa shape index (κ3) is 1.43. The number of allylic oxidation sites excluding steroid dienone is 1. The lowest BCUT2D eigenvalue weighted by Gasteiger charge is -2.23. The van der Waals surface area contributed by atoms with Crippen LogP contribution >= 0.6 is 0 Å². The van der Waals surface area contributed by atoms with E-state index in [9.17, 15) is 9.90 Å². The molecule has 0 heterocycles. The van der Waals surface area contributed by atoms with Crippen molar-refractivity contribution in [2.75, 3.05) is 0 Å². The van der Waals surface area contributed by atoms with Crippen LogP contribution in [-0.2, 0) is 4.79 Å². The van der Waals surface area contributed by atoms with Crippen LogP contribution < -0.4 is 0 Å². The zero-order valence-corrected chi connectivity index (χ0v) is 6.45. The number of carbonyl (C=O) groups is 1. The van der Waals surface area contributed by atoms with E-state index in [0.29, 0.717) is 0 Å². The van der Waals surface area contributed by atoms with E-state index in [-0.39, 0.29) is 5.92 Å². The fourth-order valence-corrected chi connectivity index (χ4v) is 1.26. The predicted octanol–water partition coefficient (Wildman–Crippen LogP) is 0.788. The molecular weight excluding hydrogens is 144 g/mol. The first-order chi connectivity index (χ1) is 5.05. The minimum absolute atomic E-state index is 0.222. The molecular formula is C8H12O3. The first-order valence-corrected chi connectivity index (χ1v) is 3.67. The van der Waals surface area contributed by atoms with E-state index in [2.05, 4.69) is 0 Å². The highest BCUT2D eigenvalue weighted by Gasteiger charge is 2.38. The smallest absolute Gasteiger partial charge is 0.336 e. The van der Waals surface area contributed by atoms with Gasteiger partial charge in [0.15, 0.2) is 5.60 Å². The average molecular weight is 156 g/mol. The molecule has 0 bridgehead atoms. The van der Waals surface area contributed by atoms with E-state index < -0.39 is 11.6 Å². The number of aliphatic carboxylic acids is 1. The maximum Gasteiger partial charge on any atom is 0.336 e. The number of carboxylic acids is 1. The molecule has 3 heteroatoms. The summed E-state index contributed by atoms with van der Waals surface area (Å²) < 4.78 is 0. The molecule has 0 spiro atoms. The van der Waals surface area contributed by atoms with E-state index in [1.807, 2.05) is 6.08 Å². The Labute approximate surface area is 65.3 Å². The largest absolute Gasteiger partial charge is 0.479 e. The van der Waals surface area contributed by atoms with E-state index >= 15 is 0 Å². The Morgan fingerprint density at radius 3 is 2.73 bits per heavy atom. The molecule has 2 N–H and O–H groups in total. The van der Waals surface area contributed by atoms with Crippen LogP contribution in [0.4, 0.5) is 0 Å². The molecule has 0 amide bonds. The van der Waals surface area contributed by atoms with Crippen molar-refractivity contribution >= 4 is 5.97 Å². The Morgan fingerprint density at radius 2 is 2.36 bits per heavy atom. The third-order valence-corrected chi connectivity index (χ3v) is 2.17. The van der Waals surface area contributed by atoms with Crippen molar-refractivity contribution in [2.24, 2.45) is 5.92 Å². The summed E-state index contributed by atoms with van der Waals surface area (Å²) in [7, 11) is 0. The zero-order valence-electron chi connectivity index (χ0n) is 6.45. The van der Waals surface area contributed by atoms with Gasteiger partial charge >= 0.3 is 5.97 Å². The molecule has 3 nitrogen and oxygen atoms in total. The highest BCUT2D eigenvalue weighted by Crippen LogP contribution is 2.28. The topological polar surface area (TPSA) is 57.5 Å². The van der Waals surface area contributed by atoms with Crippen molar-refractivity contribution in [3.05, 3.63) is 12.2 Å². The fraction of sp³-hybridized carbons (Fsp3) is 0.625. The Hall–Kier alpha value is -0.830. The van der Waals surface area contributed by atoms with Crippen LogP contribution in [0.15, 0.2) is 12.2 Å². The lowest BCUT2D eigenvalue weighted by atomic mass is 9.89. The maximum atomic E-state index is 10.5. The van der Waals surface area contributed by atoms with Crippen LogP contribution in [0.5, 0.6) is 0 Å². The molecule has 1 aliphatic carbocycles. The average Bonchev–Trinajstić information content (AvgIpc) is 2.37. The van der Waals surface area contributed by atoms with E-state index in [1.54, 1.807) is 6.08 Å². The van der Waals surface area contributed by atoms with Crippen molar-refractivity contribution in [3.63, 3.8) is 0 Å². The summed E-state index contributed by atoms with van der Waals surface area (Å²) in [5, 5.41) is 18.1. The molecule has 11 heavy (non-hydrogen) atoms. The molecule has 0 radical (unpaired) electrons. The Balaban J connectivity index is 2.71. The second-order valence-corrected chi connectivity index (χ2v) is 3.06. The van der Waals surface area contributed by atoms with Gasteiger partial charge in [-0.2, -0.15) is 0 Å². The Bertz CT molecular complexity index is 194. The molecule has 1 rings (SSSR count). The molecule has 0 fully saturated rings. The SMILES string of the molecule is CC(O)(C(=O)O)C1C=CCC1. The van der Waals surface area contributed by atoms with Gasteiger partial charge in [0.05, 0.1) is 0 Å². The summed E-state index contributed by atoms with van der Waals surface area (Å²) in [5.41, 5.74) is -1.59. The van der Waals surface area contributed by atoms with Crippen LogP contribution in [0.3, 0.4) is 0 Å². The normalized spacial score (nSPS) is 28.4. The van der Waals surface area contributed by atoms with Crippen molar-refractivity contribution in [2.45, 2.75) is 25.4 Å². The minimum Gasteiger partial charge on any atom is -0.479 e. The Morgan fingerprint density at radius 1 is 1.73 bits per heavy atom.